The highest BCUT2D eigenvalue weighted by Crippen LogP contribution is 2.55. The van der Waals surface area contributed by atoms with Gasteiger partial charge in [-0.05, 0) is 55.4 Å². The van der Waals surface area contributed by atoms with Crippen molar-refractivity contribution in [3.05, 3.63) is 69.4 Å². The maximum atomic E-state index is 14.0. The van der Waals surface area contributed by atoms with Crippen LogP contribution in [-0.4, -0.2) is 48.5 Å². The molecule has 0 N–H and O–H groups in total. The zero-order chi connectivity index (χ0) is 23.6. The summed E-state index contributed by atoms with van der Waals surface area (Å²) in [5.41, 5.74) is 2.95. The third-order valence-corrected chi connectivity index (χ3v) is 7.72. The molecule has 0 aromatic heterocycles. The molecule has 1 saturated heterocycles. The number of halogens is 2. The Labute approximate surface area is 203 Å². The smallest absolute Gasteiger partial charge is 0.320 e. The van der Waals surface area contributed by atoms with E-state index in [1.165, 1.54) is 17.2 Å². The number of benzene rings is 2. The van der Waals surface area contributed by atoms with E-state index in [1.54, 1.807) is 30.1 Å². The fourth-order valence-electron chi connectivity index (χ4n) is 5.50. The van der Waals surface area contributed by atoms with E-state index in [0.717, 1.165) is 23.7 Å². The summed E-state index contributed by atoms with van der Waals surface area (Å²) in [6.45, 7) is 3.72. The van der Waals surface area contributed by atoms with Gasteiger partial charge in [-0.25, -0.2) is 9.18 Å². The van der Waals surface area contributed by atoms with Crippen LogP contribution in [0, 0.1) is 5.82 Å². The Morgan fingerprint density at radius 1 is 1.18 bits per heavy atom. The minimum Gasteiger partial charge on any atom is -0.466 e. The van der Waals surface area contributed by atoms with Crippen molar-refractivity contribution in [2.45, 2.75) is 50.5 Å². The van der Waals surface area contributed by atoms with Crippen LogP contribution in [0.5, 0.6) is 0 Å². The van der Waals surface area contributed by atoms with Gasteiger partial charge >= 0.3 is 12.0 Å². The molecular formula is C26H30BrFN2O3. The molecule has 1 aliphatic carbocycles. The van der Waals surface area contributed by atoms with E-state index in [2.05, 4.69) is 28.1 Å². The van der Waals surface area contributed by atoms with E-state index in [-0.39, 0.29) is 35.7 Å². The summed E-state index contributed by atoms with van der Waals surface area (Å²) in [7, 11) is 1.72. The minimum absolute atomic E-state index is 0.0620. The molecule has 1 heterocycles. The van der Waals surface area contributed by atoms with Gasteiger partial charge in [-0.2, -0.15) is 0 Å². The Bertz CT molecular complexity index is 1040. The van der Waals surface area contributed by atoms with E-state index in [0.29, 0.717) is 31.7 Å². The first-order valence-electron chi connectivity index (χ1n) is 11.5. The lowest BCUT2D eigenvalue weighted by Crippen LogP contribution is -2.48. The minimum atomic E-state index is -0.296. The number of nitrogens with zero attached hydrogens (tertiary/aromatic N) is 2. The monoisotopic (exact) mass is 516 g/mol. The first-order chi connectivity index (χ1) is 15.8. The lowest BCUT2D eigenvalue weighted by atomic mass is 9.73. The van der Waals surface area contributed by atoms with Gasteiger partial charge in [0.1, 0.15) is 5.82 Å². The molecule has 2 aromatic carbocycles. The SMILES string of the molecule is CCOC(=O)CC1CC2(CCN(C(=O)N(C)Cc3ccccc3F)CC2)c2c(Br)cccc21. The van der Waals surface area contributed by atoms with Crippen molar-refractivity contribution in [1.82, 2.24) is 9.80 Å². The number of amides is 2. The molecule has 1 atom stereocenters. The molecule has 2 aliphatic rings. The number of esters is 1. The topological polar surface area (TPSA) is 49.9 Å². The van der Waals surface area contributed by atoms with Crippen LogP contribution < -0.4 is 0 Å². The molecule has 4 rings (SSSR count). The normalized spacial score (nSPS) is 18.8. The van der Waals surface area contributed by atoms with Gasteiger partial charge in [-0.3, -0.25) is 4.79 Å². The predicted octanol–water partition coefficient (Wildman–Crippen LogP) is 5.61. The number of hydrogen-bond acceptors (Lipinski definition) is 3. The van der Waals surface area contributed by atoms with Crippen molar-refractivity contribution < 1.29 is 18.7 Å². The highest BCUT2D eigenvalue weighted by molar-refractivity contribution is 9.10. The quantitative estimate of drug-likeness (QED) is 0.485. The molecule has 1 aliphatic heterocycles. The summed E-state index contributed by atoms with van der Waals surface area (Å²) in [6, 6.07) is 12.7. The third-order valence-electron chi connectivity index (χ3n) is 7.05. The second-order valence-electron chi connectivity index (χ2n) is 9.11. The van der Waals surface area contributed by atoms with Gasteiger partial charge in [0, 0.05) is 42.1 Å². The van der Waals surface area contributed by atoms with E-state index in [9.17, 15) is 14.0 Å². The molecule has 7 heteroatoms. The van der Waals surface area contributed by atoms with Crippen LogP contribution in [0.25, 0.3) is 0 Å². The van der Waals surface area contributed by atoms with Gasteiger partial charge in [0.15, 0.2) is 0 Å². The van der Waals surface area contributed by atoms with Crippen LogP contribution in [0.15, 0.2) is 46.9 Å². The summed E-state index contributed by atoms with van der Waals surface area (Å²) in [6.07, 6.45) is 2.94. The Morgan fingerprint density at radius 2 is 1.91 bits per heavy atom. The summed E-state index contributed by atoms with van der Waals surface area (Å²) in [5.74, 6) is -0.329. The molecule has 0 radical (unpaired) electrons. The number of likely N-dealkylation sites (tertiary alicyclic amines) is 1. The van der Waals surface area contributed by atoms with E-state index >= 15 is 0 Å². The zero-order valence-corrected chi connectivity index (χ0v) is 20.7. The summed E-state index contributed by atoms with van der Waals surface area (Å²) in [5, 5.41) is 0. The van der Waals surface area contributed by atoms with E-state index in [1.807, 2.05) is 17.9 Å². The van der Waals surface area contributed by atoms with E-state index in [4.69, 9.17) is 4.74 Å². The Balaban J connectivity index is 1.46. The van der Waals surface area contributed by atoms with Crippen molar-refractivity contribution in [2.24, 2.45) is 0 Å². The van der Waals surface area contributed by atoms with Gasteiger partial charge in [-0.15, -0.1) is 0 Å². The largest absolute Gasteiger partial charge is 0.466 e. The molecule has 2 amide bonds. The standard InChI is InChI=1S/C26H30BrFN2O3/c1-3-33-23(31)15-19-16-26(24-20(19)8-6-9-21(24)27)11-13-30(14-12-26)25(32)29(2)17-18-7-4-5-10-22(18)28/h4-10,19H,3,11-17H2,1-2H3. The molecule has 33 heavy (non-hydrogen) atoms. The van der Waals surface area contributed by atoms with Crippen LogP contribution in [0.4, 0.5) is 9.18 Å². The summed E-state index contributed by atoms with van der Waals surface area (Å²) in [4.78, 5) is 28.8. The molecular weight excluding hydrogens is 487 g/mol. The predicted molar refractivity (Wildman–Crippen MR) is 128 cm³/mol. The average Bonchev–Trinajstić information content (AvgIpc) is 3.09. The van der Waals surface area contributed by atoms with Crippen LogP contribution in [0.1, 0.15) is 55.2 Å². The number of rotatable bonds is 5. The molecule has 5 nitrogen and oxygen atoms in total. The molecule has 1 unspecified atom stereocenters. The molecule has 176 valence electrons. The number of piperidine rings is 1. The van der Waals surface area contributed by atoms with Gasteiger partial charge in [0.05, 0.1) is 13.0 Å². The Kier molecular flexibility index (Phi) is 7.07. The number of fused-ring (bicyclic) bond motifs is 2. The molecule has 2 aromatic rings. The highest BCUT2D eigenvalue weighted by Gasteiger charge is 2.47. The number of carbonyl (C=O) groups excluding carboxylic acids is 2. The van der Waals surface area contributed by atoms with Crippen molar-refractivity contribution in [3.8, 4) is 0 Å². The summed E-state index contributed by atoms with van der Waals surface area (Å²) >= 11 is 3.75. The summed E-state index contributed by atoms with van der Waals surface area (Å²) < 4.78 is 20.3. The highest BCUT2D eigenvalue weighted by atomic mass is 79.9. The van der Waals surface area contributed by atoms with Crippen LogP contribution in [0.2, 0.25) is 0 Å². The second kappa shape index (κ2) is 9.84. The first kappa shape index (κ1) is 23.7. The van der Waals surface area contributed by atoms with Crippen molar-refractivity contribution in [3.63, 3.8) is 0 Å². The van der Waals surface area contributed by atoms with Crippen molar-refractivity contribution in [1.29, 1.82) is 0 Å². The Morgan fingerprint density at radius 3 is 2.61 bits per heavy atom. The molecule has 0 saturated carbocycles. The average molecular weight is 517 g/mol. The molecule has 1 fully saturated rings. The fraction of sp³-hybridized carbons (Fsp3) is 0.462. The third kappa shape index (κ3) is 4.79. The van der Waals surface area contributed by atoms with Gasteiger partial charge < -0.3 is 14.5 Å². The Hall–Kier alpha value is -2.41. The van der Waals surface area contributed by atoms with Crippen molar-refractivity contribution >= 4 is 27.9 Å². The molecule has 1 spiro atoms. The van der Waals surface area contributed by atoms with Crippen LogP contribution in [0.3, 0.4) is 0 Å². The van der Waals surface area contributed by atoms with Gasteiger partial charge in [0.2, 0.25) is 0 Å². The maximum absolute atomic E-state index is 14.0. The van der Waals surface area contributed by atoms with Gasteiger partial charge in [-0.1, -0.05) is 46.3 Å². The maximum Gasteiger partial charge on any atom is 0.320 e. The lowest BCUT2D eigenvalue weighted by Gasteiger charge is -2.41. The number of ether oxygens (including phenoxy) is 1. The number of carbonyl (C=O) groups is 2. The number of hydrogen-bond donors (Lipinski definition) is 0. The lowest BCUT2D eigenvalue weighted by molar-refractivity contribution is -0.143. The zero-order valence-electron chi connectivity index (χ0n) is 19.2. The van der Waals surface area contributed by atoms with E-state index < -0.39 is 0 Å². The number of urea groups is 1. The van der Waals surface area contributed by atoms with Gasteiger partial charge in [0.25, 0.3) is 0 Å². The van der Waals surface area contributed by atoms with Crippen LogP contribution >= 0.6 is 15.9 Å². The second-order valence-corrected chi connectivity index (χ2v) is 9.97. The molecule has 0 bridgehead atoms. The fourth-order valence-corrected chi connectivity index (χ4v) is 6.30. The van der Waals surface area contributed by atoms with Crippen molar-refractivity contribution in [2.75, 3.05) is 26.7 Å². The first-order valence-corrected chi connectivity index (χ1v) is 12.3. The van der Waals surface area contributed by atoms with Crippen LogP contribution in [-0.2, 0) is 21.5 Å².